The summed E-state index contributed by atoms with van der Waals surface area (Å²) in [5, 5.41) is 0. The molecule has 1 N–H and O–H groups in total. The summed E-state index contributed by atoms with van der Waals surface area (Å²) >= 11 is 0. The van der Waals surface area contributed by atoms with Crippen molar-refractivity contribution in [3.8, 4) is 0 Å². The Labute approximate surface area is 107 Å². The lowest BCUT2D eigenvalue weighted by Gasteiger charge is -2.08. The molecule has 6 nitrogen and oxygen atoms in total. The maximum Gasteiger partial charge on any atom is 0.294 e. The summed E-state index contributed by atoms with van der Waals surface area (Å²) in [5.41, 5.74) is 0.956. The maximum atomic E-state index is 10.5. The van der Waals surface area contributed by atoms with E-state index in [4.69, 9.17) is 4.55 Å². The zero-order valence-corrected chi connectivity index (χ0v) is 11.6. The lowest BCUT2D eigenvalue weighted by Crippen LogP contribution is -2.14. The van der Waals surface area contributed by atoms with Gasteiger partial charge in [0.2, 0.25) is 0 Å². The molecule has 0 aliphatic carbocycles. The third-order valence-electron chi connectivity index (χ3n) is 1.90. The highest BCUT2D eigenvalue weighted by Gasteiger charge is 2.06. The molecule has 0 aliphatic heterocycles. The summed E-state index contributed by atoms with van der Waals surface area (Å²) in [5.74, 6) is 0. The minimum absolute atomic E-state index is 0.0666. The molecule has 0 unspecified atom stereocenters. The van der Waals surface area contributed by atoms with Crippen LogP contribution in [0.3, 0.4) is 0 Å². The van der Waals surface area contributed by atoms with Crippen molar-refractivity contribution in [2.24, 2.45) is 0 Å². The monoisotopic (exact) mass is 278 g/mol. The van der Waals surface area contributed by atoms with Gasteiger partial charge in [0.05, 0.1) is 4.90 Å². The van der Waals surface area contributed by atoms with Crippen molar-refractivity contribution in [1.29, 1.82) is 0 Å². The van der Waals surface area contributed by atoms with Crippen molar-refractivity contribution in [2.75, 3.05) is 21.3 Å². The van der Waals surface area contributed by atoms with Crippen LogP contribution in [0.1, 0.15) is 5.56 Å². The first-order chi connectivity index (χ1) is 8.35. The van der Waals surface area contributed by atoms with Gasteiger partial charge >= 0.3 is 0 Å². The van der Waals surface area contributed by atoms with Crippen molar-refractivity contribution in [2.45, 2.75) is 18.3 Å². The second-order valence-corrected chi connectivity index (χ2v) is 4.71. The summed E-state index contributed by atoms with van der Waals surface area (Å²) in [6.07, 6.45) is 0. The first-order valence-corrected chi connectivity index (χ1v) is 6.41. The van der Waals surface area contributed by atoms with E-state index in [2.05, 4.69) is 14.2 Å². The first kappa shape index (κ1) is 17.0. The Hall–Kier alpha value is -0.990. The fourth-order valence-electron chi connectivity index (χ4n) is 0.999. The van der Waals surface area contributed by atoms with E-state index in [-0.39, 0.29) is 4.90 Å². The van der Waals surface area contributed by atoms with Gasteiger partial charge in [-0.05, 0) is 19.1 Å². The van der Waals surface area contributed by atoms with Gasteiger partial charge < -0.3 is 14.2 Å². The topological polar surface area (TPSA) is 82.1 Å². The van der Waals surface area contributed by atoms with Gasteiger partial charge in [-0.1, -0.05) is 17.7 Å². The van der Waals surface area contributed by atoms with Gasteiger partial charge in [0.15, 0.2) is 0 Å². The highest BCUT2D eigenvalue weighted by atomic mass is 32.2. The number of methoxy groups -OCH3 is 3. The van der Waals surface area contributed by atoms with Gasteiger partial charge in [-0.2, -0.15) is 8.42 Å². The lowest BCUT2D eigenvalue weighted by molar-refractivity contribution is -0.252. The fourth-order valence-corrected chi connectivity index (χ4v) is 1.48. The highest BCUT2D eigenvalue weighted by Crippen LogP contribution is 2.08. The third kappa shape index (κ3) is 6.67. The summed E-state index contributed by atoms with van der Waals surface area (Å²) < 4.78 is 43.4. The highest BCUT2D eigenvalue weighted by molar-refractivity contribution is 7.85. The number of hydrogen-bond donors (Lipinski definition) is 1. The van der Waals surface area contributed by atoms with E-state index < -0.39 is 16.6 Å². The van der Waals surface area contributed by atoms with Crippen LogP contribution in [0, 0.1) is 6.92 Å². The molecule has 0 aliphatic rings. The average molecular weight is 278 g/mol. The molecule has 0 aromatic heterocycles. The number of benzene rings is 1. The summed E-state index contributed by atoms with van der Waals surface area (Å²) in [4.78, 5) is -0.0666. The number of rotatable bonds is 4. The third-order valence-corrected chi connectivity index (χ3v) is 2.76. The van der Waals surface area contributed by atoms with Crippen LogP contribution >= 0.6 is 0 Å². The first-order valence-electron chi connectivity index (χ1n) is 4.97. The van der Waals surface area contributed by atoms with Crippen molar-refractivity contribution in [3.63, 3.8) is 0 Å². The van der Waals surface area contributed by atoms with E-state index in [1.807, 2.05) is 6.92 Å². The zero-order valence-electron chi connectivity index (χ0n) is 10.8. The van der Waals surface area contributed by atoms with E-state index >= 15 is 0 Å². The van der Waals surface area contributed by atoms with E-state index in [1.54, 1.807) is 12.1 Å². The van der Waals surface area contributed by atoms with Crippen molar-refractivity contribution < 1.29 is 27.2 Å². The number of hydrogen-bond acceptors (Lipinski definition) is 5. The fraction of sp³-hybridized carbons (Fsp3) is 0.455. The van der Waals surface area contributed by atoms with E-state index in [9.17, 15) is 8.42 Å². The molecule has 0 atom stereocenters. The summed E-state index contributed by atoms with van der Waals surface area (Å²) in [6.45, 7) is 1.33. The Morgan fingerprint density at radius 1 is 1.00 bits per heavy atom. The van der Waals surface area contributed by atoms with E-state index in [0.717, 1.165) is 5.56 Å². The van der Waals surface area contributed by atoms with Crippen molar-refractivity contribution >= 4 is 10.1 Å². The number of ether oxygens (including phenoxy) is 3. The van der Waals surface area contributed by atoms with Crippen molar-refractivity contribution in [3.05, 3.63) is 29.8 Å². The Bertz CT molecular complexity index is 416. The molecule has 1 aromatic carbocycles. The molecule has 0 spiro atoms. The molecule has 0 saturated heterocycles. The van der Waals surface area contributed by atoms with Gasteiger partial charge in [0, 0.05) is 21.3 Å². The smallest absolute Gasteiger partial charge is 0.294 e. The largest absolute Gasteiger partial charge is 0.333 e. The minimum atomic E-state index is -4.02. The molecule has 1 aromatic rings. The molecule has 0 fully saturated rings. The molecule has 0 heterocycles. The summed E-state index contributed by atoms with van der Waals surface area (Å²) in [7, 11) is 0.515. The van der Waals surface area contributed by atoms with Gasteiger partial charge in [0.1, 0.15) is 0 Å². The average Bonchev–Trinajstić information content (AvgIpc) is 2.31. The van der Waals surface area contributed by atoms with Gasteiger partial charge in [0.25, 0.3) is 16.6 Å². The summed E-state index contributed by atoms with van der Waals surface area (Å²) in [6, 6.07) is 5.99. The van der Waals surface area contributed by atoms with Crippen LogP contribution in [0.5, 0.6) is 0 Å². The minimum Gasteiger partial charge on any atom is -0.333 e. The lowest BCUT2D eigenvalue weighted by atomic mass is 10.2. The van der Waals surface area contributed by atoms with Gasteiger partial charge in [-0.15, -0.1) is 0 Å². The van der Waals surface area contributed by atoms with Crippen LogP contribution in [0.15, 0.2) is 29.2 Å². The Balaban J connectivity index is 0.000000360. The zero-order chi connectivity index (χ0) is 14.2. The predicted molar refractivity (Wildman–Crippen MR) is 65.8 cm³/mol. The van der Waals surface area contributed by atoms with Gasteiger partial charge in [-0.3, -0.25) is 4.55 Å². The second kappa shape index (κ2) is 8.17. The Morgan fingerprint density at radius 3 is 1.61 bits per heavy atom. The van der Waals surface area contributed by atoms with E-state index in [0.29, 0.717) is 0 Å². The Kier molecular flexibility index (Phi) is 7.72. The molecule has 0 amide bonds. The molecular weight excluding hydrogens is 260 g/mol. The van der Waals surface area contributed by atoms with Crippen LogP contribution in [-0.2, 0) is 24.3 Å². The molecule has 0 saturated carbocycles. The number of aryl methyl sites for hydroxylation is 1. The second-order valence-electron chi connectivity index (χ2n) is 3.28. The SMILES string of the molecule is COC(OC)OC.Cc1ccc(S(=O)(=O)O)cc1. The quantitative estimate of drug-likeness (QED) is 0.663. The maximum absolute atomic E-state index is 10.5. The van der Waals surface area contributed by atoms with Crippen LogP contribution in [-0.4, -0.2) is 40.8 Å². The molecular formula is C11H18O6S. The molecule has 0 bridgehead atoms. The van der Waals surface area contributed by atoms with Gasteiger partial charge in [-0.25, -0.2) is 0 Å². The molecule has 18 heavy (non-hydrogen) atoms. The van der Waals surface area contributed by atoms with E-state index in [1.165, 1.54) is 33.5 Å². The standard InChI is InChI=1S/C7H8O3S.C4H10O3/c1-6-2-4-7(5-3-6)11(8,9)10;1-5-4(6-2)7-3/h2-5H,1H3,(H,8,9,10);4H,1-3H3. The van der Waals surface area contributed by atoms with Crippen LogP contribution in [0.4, 0.5) is 0 Å². The molecule has 0 radical (unpaired) electrons. The molecule has 1 rings (SSSR count). The van der Waals surface area contributed by atoms with Crippen LogP contribution in [0.25, 0.3) is 0 Å². The Morgan fingerprint density at radius 2 is 1.39 bits per heavy atom. The van der Waals surface area contributed by atoms with Crippen LogP contribution < -0.4 is 0 Å². The normalized spacial score (nSPS) is 11.0. The molecule has 104 valence electrons. The molecule has 7 heteroatoms. The van der Waals surface area contributed by atoms with Crippen LogP contribution in [0.2, 0.25) is 0 Å². The van der Waals surface area contributed by atoms with Crippen molar-refractivity contribution in [1.82, 2.24) is 0 Å². The predicted octanol–water partition coefficient (Wildman–Crippen LogP) is 1.45.